The molecule has 4 heteroatoms. The van der Waals surface area contributed by atoms with Crippen LogP contribution in [0.4, 0.5) is 10.1 Å². The summed E-state index contributed by atoms with van der Waals surface area (Å²) >= 11 is 0. The Balaban J connectivity index is 1.93. The monoisotopic (exact) mass is 259 g/mol. The minimum absolute atomic E-state index is 0.0820. The number of anilines is 1. The molecule has 1 N–H and O–H groups in total. The zero-order valence-electron chi connectivity index (χ0n) is 11.5. The number of nitrogens with zero attached hydrogens (tertiary/aromatic N) is 2. The predicted molar refractivity (Wildman–Crippen MR) is 73.8 cm³/mol. The first-order valence-corrected chi connectivity index (χ1v) is 6.62. The Hall–Kier alpha value is -1.84. The van der Waals surface area contributed by atoms with Crippen molar-refractivity contribution in [1.29, 1.82) is 0 Å². The van der Waals surface area contributed by atoms with Crippen LogP contribution in [0, 0.1) is 19.7 Å². The van der Waals surface area contributed by atoms with Gasteiger partial charge in [0, 0.05) is 7.05 Å². The smallest absolute Gasteiger partial charge is 0.126 e. The molecule has 0 saturated carbocycles. The van der Waals surface area contributed by atoms with Crippen molar-refractivity contribution in [2.45, 2.75) is 32.7 Å². The van der Waals surface area contributed by atoms with Crippen molar-refractivity contribution in [3.63, 3.8) is 0 Å². The quantitative estimate of drug-likeness (QED) is 0.897. The summed E-state index contributed by atoms with van der Waals surface area (Å²) in [6.07, 6.45) is 1.74. The van der Waals surface area contributed by atoms with Crippen molar-refractivity contribution >= 4 is 5.69 Å². The average molecular weight is 259 g/mol. The molecule has 0 amide bonds. The van der Waals surface area contributed by atoms with E-state index in [1.807, 2.05) is 31.6 Å². The number of hydrogen-bond donors (Lipinski definition) is 1. The number of nitrogens with one attached hydrogen (secondary N) is 1. The van der Waals surface area contributed by atoms with E-state index in [0.29, 0.717) is 0 Å². The van der Waals surface area contributed by atoms with Crippen LogP contribution >= 0.6 is 0 Å². The summed E-state index contributed by atoms with van der Waals surface area (Å²) in [5.41, 5.74) is 5.12. The molecule has 19 heavy (non-hydrogen) atoms. The van der Waals surface area contributed by atoms with Gasteiger partial charge in [-0.05, 0) is 43.9 Å². The lowest BCUT2D eigenvalue weighted by Gasteiger charge is -2.16. The molecule has 1 unspecified atom stereocenters. The second kappa shape index (κ2) is 4.37. The Bertz CT molecular complexity index is 631. The Labute approximate surface area is 112 Å². The lowest BCUT2D eigenvalue weighted by Crippen LogP contribution is -2.08. The van der Waals surface area contributed by atoms with Crippen LogP contribution in [-0.2, 0) is 13.5 Å². The zero-order valence-corrected chi connectivity index (χ0v) is 11.5. The van der Waals surface area contributed by atoms with E-state index in [0.717, 1.165) is 41.0 Å². The van der Waals surface area contributed by atoms with E-state index in [2.05, 4.69) is 10.4 Å². The SMILES string of the molecule is Cc1nn(C)c(C)c1NC1CCc2c(F)cccc21. The van der Waals surface area contributed by atoms with Crippen LogP contribution in [0.5, 0.6) is 0 Å². The number of halogens is 1. The number of fused-ring (bicyclic) bond motifs is 1. The molecule has 0 spiro atoms. The van der Waals surface area contributed by atoms with Crippen LogP contribution in [-0.4, -0.2) is 9.78 Å². The van der Waals surface area contributed by atoms with Crippen molar-refractivity contribution in [1.82, 2.24) is 9.78 Å². The van der Waals surface area contributed by atoms with Crippen molar-refractivity contribution < 1.29 is 4.39 Å². The lowest BCUT2D eigenvalue weighted by molar-refractivity contribution is 0.612. The van der Waals surface area contributed by atoms with E-state index in [9.17, 15) is 4.39 Å². The summed E-state index contributed by atoms with van der Waals surface area (Å²) in [6, 6.07) is 5.54. The van der Waals surface area contributed by atoms with Gasteiger partial charge in [0.2, 0.25) is 0 Å². The number of benzene rings is 1. The third-order valence-corrected chi connectivity index (χ3v) is 4.04. The molecule has 100 valence electrons. The van der Waals surface area contributed by atoms with Gasteiger partial charge in [0.05, 0.1) is 23.1 Å². The van der Waals surface area contributed by atoms with Gasteiger partial charge in [-0.2, -0.15) is 5.10 Å². The second-order valence-corrected chi connectivity index (χ2v) is 5.21. The molecular weight excluding hydrogens is 241 g/mol. The van der Waals surface area contributed by atoms with Gasteiger partial charge in [-0.15, -0.1) is 0 Å². The predicted octanol–water partition coefficient (Wildman–Crippen LogP) is 3.28. The fourth-order valence-electron chi connectivity index (χ4n) is 2.92. The van der Waals surface area contributed by atoms with Gasteiger partial charge in [-0.1, -0.05) is 12.1 Å². The van der Waals surface area contributed by atoms with Crippen LogP contribution in [0.3, 0.4) is 0 Å². The average Bonchev–Trinajstić information content (AvgIpc) is 2.88. The fraction of sp³-hybridized carbons (Fsp3) is 0.400. The minimum atomic E-state index is -0.0820. The van der Waals surface area contributed by atoms with Crippen LogP contribution in [0.1, 0.15) is 35.0 Å². The Kier molecular flexibility index (Phi) is 2.81. The first kappa shape index (κ1) is 12.2. The minimum Gasteiger partial charge on any atom is -0.375 e. The van der Waals surface area contributed by atoms with Crippen molar-refractivity contribution in [3.05, 3.63) is 46.5 Å². The highest BCUT2D eigenvalue weighted by Gasteiger charge is 2.26. The van der Waals surface area contributed by atoms with Gasteiger partial charge in [0.25, 0.3) is 0 Å². The molecule has 1 aliphatic rings. The van der Waals surface area contributed by atoms with E-state index >= 15 is 0 Å². The van der Waals surface area contributed by atoms with Crippen molar-refractivity contribution in [2.75, 3.05) is 5.32 Å². The maximum Gasteiger partial charge on any atom is 0.126 e. The van der Waals surface area contributed by atoms with E-state index in [1.165, 1.54) is 0 Å². The Morgan fingerprint density at radius 1 is 1.37 bits per heavy atom. The topological polar surface area (TPSA) is 29.9 Å². The molecule has 1 atom stereocenters. The molecule has 1 aromatic heterocycles. The van der Waals surface area contributed by atoms with Gasteiger partial charge in [0.1, 0.15) is 5.82 Å². The summed E-state index contributed by atoms with van der Waals surface area (Å²) in [4.78, 5) is 0. The van der Waals surface area contributed by atoms with Gasteiger partial charge in [0.15, 0.2) is 0 Å². The molecule has 0 bridgehead atoms. The lowest BCUT2D eigenvalue weighted by atomic mass is 10.1. The van der Waals surface area contributed by atoms with E-state index in [-0.39, 0.29) is 11.9 Å². The fourth-order valence-corrected chi connectivity index (χ4v) is 2.92. The molecule has 1 aliphatic carbocycles. The molecule has 1 aromatic carbocycles. The van der Waals surface area contributed by atoms with E-state index in [1.54, 1.807) is 12.1 Å². The molecule has 2 aromatic rings. The van der Waals surface area contributed by atoms with Crippen LogP contribution in [0.25, 0.3) is 0 Å². The van der Waals surface area contributed by atoms with Gasteiger partial charge in [-0.25, -0.2) is 4.39 Å². The molecule has 3 nitrogen and oxygen atoms in total. The molecule has 1 heterocycles. The van der Waals surface area contributed by atoms with Gasteiger partial charge in [-0.3, -0.25) is 4.68 Å². The molecular formula is C15H18FN3. The Morgan fingerprint density at radius 3 is 2.84 bits per heavy atom. The summed E-state index contributed by atoms with van der Waals surface area (Å²) in [5.74, 6) is -0.0820. The molecule has 3 rings (SSSR count). The summed E-state index contributed by atoms with van der Waals surface area (Å²) in [7, 11) is 1.94. The Morgan fingerprint density at radius 2 is 2.16 bits per heavy atom. The highest BCUT2D eigenvalue weighted by molar-refractivity contribution is 5.55. The third-order valence-electron chi connectivity index (χ3n) is 4.04. The van der Waals surface area contributed by atoms with Crippen molar-refractivity contribution in [2.24, 2.45) is 7.05 Å². The number of aromatic nitrogens is 2. The van der Waals surface area contributed by atoms with Crippen LogP contribution in [0.15, 0.2) is 18.2 Å². The molecule has 0 saturated heterocycles. The zero-order chi connectivity index (χ0) is 13.6. The second-order valence-electron chi connectivity index (χ2n) is 5.21. The number of rotatable bonds is 2. The standard InChI is InChI=1S/C15H18FN3/c1-9-15(10(2)19(3)18-9)17-14-8-7-11-12(14)5-4-6-13(11)16/h4-6,14,17H,7-8H2,1-3H3. The molecule has 0 fully saturated rings. The maximum absolute atomic E-state index is 13.7. The summed E-state index contributed by atoms with van der Waals surface area (Å²) in [6.45, 7) is 4.04. The molecule has 0 radical (unpaired) electrons. The van der Waals surface area contributed by atoms with Crippen LogP contribution < -0.4 is 5.32 Å². The number of aryl methyl sites for hydroxylation is 2. The first-order chi connectivity index (χ1) is 9.08. The highest BCUT2D eigenvalue weighted by Crippen LogP contribution is 2.36. The highest BCUT2D eigenvalue weighted by atomic mass is 19.1. The molecule has 0 aliphatic heterocycles. The van der Waals surface area contributed by atoms with E-state index < -0.39 is 0 Å². The first-order valence-electron chi connectivity index (χ1n) is 6.62. The normalized spacial score (nSPS) is 17.6. The van der Waals surface area contributed by atoms with Crippen molar-refractivity contribution in [3.8, 4) is 0 Å². The largest absolute Gasteiger partial charge is 0.375 e. The number of hydrogen-bond acceptors (Lipinski definition) is 2. The summed E-state index contributed by atoms with van der Waals surface area (Å²) < 4.78 is 15.6. The maximum atomic E-state index is 13.7. The summed E-state index contributed by atoms with van der Waals surface area (Å²) in [5, 5.41) is 7.94. The third kappa shape index (κ3) is 1.91. The van der Waals surface area contributed by atoms with Gasteiger partial charge >= 0.3 is 0 Å². The van der Waals surface area contributed by atoms with Gasteiger partial charge < -0.3 is 5.32 Å². The van der Waals surface area contributed by atoms with E-state index in [4.69, 9.17) is 0 Å². The van der Waals surface area contributed by atoms with Crippen LogP contribution in [0.2, 0.25) is 0 Å².